The SMILES string of the molecule is CNC1CN(CCSC2CC2)C1. The van der Waals surface area contributed by atoms with E-state index in [4.69, 9.17) is 0 Å². The molecule has 0 unspecified atom stereocenters. The summed E-state index contributed by atoms with van der Waals surface area (Å²) >= 11 is 2.17. The lowest BCUT2D eigenvalue weighted by atomic mass is 10.1. The van der Waals surface area contributed by atoms with E-state index in [1.54, 1.807) is 0 Å². The molecule has 0 aromatic heterocycles. The summed E-state index contributed by atoms with van der Waals surface area (Å²) < 4.78 is 0. The molecule has 1 saturated heterocycles. The maximum absolute atomic E-state index is 3.29. The van der Waals surface area contributed by atoms with Crippen LogP contribution in [0.1, 0.15) is 12.8 Å². The summed E-state index contributed by atoms with van der Waals surface area (Å²) in [5, 5.41) is 4.33. The number of nitrogens with one attached hydrogen (secondary N) is 1. The second kappa shape index (κ2) is 3.99. The first-order chi connectivity index (χ1) is 5.88. The van der Waals surface area contributed by atoms with Crippen LogP contribution in [0.25, 0.3) is 0 Å². The van der Waals surface area contributed by atoms with Gasteiger partial charge in [-0.2, -0.15) is 11.8 Å². The summed E-state index contributed by atoms with van der Waals surface area (Å²) in [6.45, 7) is 3.84. The molecule has 2 aliphatic rings. The molecule has 1 aliphatic heterocycles. The normalized spacial score (nSPS) is 25.8. The van der Waals surface area contributed by atoms with Crippen molar-refractivity contribution in [2.24, 2.45) is 0 Å². The lowest BCUT2D eigenvalue weighted by molar-refractivity contribution is 0.141. The number of hydrogen-bond acceptors (Lipinski definition) is 3. The highest BCUT2D eigenvalue weighted by Crippen LogP contribution is 2.33. The molecule has 12 heavy (non-hydrogen) atoms. The van der Waals surface area contributed by atoms with Crippen LogP contribution in [-0.4, -0.2) is 48.6 Å². The van der Waals surface area contributed by atoms with Crippen LogP contribution in [0.4, 0.5) is 0 Å². The highest BCUT2D eigenvalue weighted by Gasteiger charge is 2.26. The van der Waals surface area contributed by atoms with Gasteiger partial charge >= 0.3 is 0 Å². The summed E-state index contributed by atoms with van der Waals surface area (Å²) in [6, 6.07) is 0.774. The Labute approximate surface area is 79.1 Å². The van der Waals surface area contributed by atoms with E-state index in [0.29, 0.717) is 0 Å². The van der Waals surface area contributed by atoms with Gasteiger partial charge in [0, 0.05) is 36.7 Å². The number of likely N-dealkylation sites (tertiary alicyclic amines) is 1. The second-order valence-corrected chi connectivity index (χ2v) is 5.22. The van der Waals surface area contributed by atoms with Crippen molar-refractivity contribution in [3.8, 4) is 0 Å². The maximum atomic E-state index is 3.29. The van der Waals surface area contributed by atoms with E-state index in [1.807, 2.05) is 0 Å². The molecule has 0 bridgehead atoms. The van der Waals surface area contributed by atoms with Crippen molar-refractivity contribution >= 4 is 11.8 Å². The first kappa shape index (κ1) is 8.85. The lowest BCUT2D eigenvalue weighted by Gasteiger charge is -2.38. The van der Waals surface area contributed by atoms with Crippen LogP contribution in [0.3, 0.4) is 0 Å². The predicted octanol–water partition coefficient (Wildman–Crippen LogP) is 0.786. The number of likely N-dealkylation sites (N-methyl/N-ethyl adjacent to an activating group) is 1. The molecule has 2 fully saturated rings. The minimum atomic E-state index is 0.774. The third-order valence-electron chi connectivity index (χ3n) is 2.65. The summed E-state index contributed by atoms with van der Waals surface area (Å²) in [5.41, 5.74) is 0. The molecule has 0 amide bonds. The van der Waals surface area contributed by atoms with Crippen molar-refractivity contribution in [2.75, 3.05) is 32.4 Å². The van der Waals surface area contributed by atoms with Crippen LogP contribution in [0, 0.1) is 0 Å². The van der Waals surface area contributed by atoms with Gasteiger partial charge in [-0.1, -0.05) is 0 Å². The molecule has 2 nitrogen and oxygen atoms in total. The highest BCUT2D eigenvalue weighted by molar-refractivity contribution is 8.00. The van der Waals surface area contributed by atoms with Crippen LogP contribution in [0.5, 0.6) is 0 Å². The Kier molecular flexibility index (Phi) is 2.94. The molecule has 0 radical (unpaired) electrons. The lowest BCUT2D eigenvalue weighted by Crippen LogP contribution is -2.57. The minimum absolute atomic E-state index is 0.774. The van der Waals surface area contributed by atoms with Gasteiger partial charge in [0.05, 0.1) is 0 Å². The first-order valence-electron chi connectivity index (χ1n) is 4.89. The van der Waals surface area contributed by atoms with Crippen LogP contribution >= 0.6 is 11.8 Å². The molecule has 1 aliphatic carbocycles. The predicted molar refractivity (Wildman–Crippen MR) is 54.8 cm³/mol. The standard InChI is InChI=1S/C9H18N2S/c1-10-8-6-11(7-8)4-5-12-9-2-3-9/h8-10H,2-7H2,1H3. The van der Waals surface area contributed by atoms with Crippen LogP contribution in [-0.2, 0) is 0 Å². The van der Waals surface area contributed by atoms with Crippen LogP contribution in [0.15, 0.2) is 0 Å². The molecular formula is C9H18N2S. The zero-order valence-corrected chi connectivity index (χ0v) is 8.57. The van der Waals surface area contributed by atoms with Crippen molar-refractivity contribution < 1.29 is 0 Å². The molecule has 0 spiro atoms. The molecule has 2 rings (SSSR count). The molecule has 1 heterocycles. The number of hydrogen-bond donors (Lipinski definition) is 1. The van der Waals surface area contributed by atoms with Crippen molar-refractivity contribution in [3.05, 3.63) is 0 Å². The van der Waals surface area contributed by atoms with Gasteiger partial charge in [0.1, 0.15) is 0 Å². The second-order valence-electron chi connectivity index (χ2n) is 3.82. The molecule has 0 aromatic carbocycles. The van der Waals surface area contributed by atoms with Gasteiger partial charge in [-0.25, -0.2) is 0 Å². The Bertz CT molecular complexity index is 141. The quantitative estimate of drug-likeness (QED) is 0.683. The molecular weight excluding hydrogens is 168 g/mol. The molecule has 1 N–H and O–H groups in total. The Morgan fingerprint density at radius 1 is 1.42 bits per heavy atom. The third kappa shape index (κ3) is 2.38. The van der Waals surface area contributed by atoms with Gasteiger partial charge in [0.15, 0.2) is 0 Å². The van der Waals surface area contributed by atoms with Crippen molar-refractivity contribution in [3.63, 3.8) is 0 Å². The zero-order valence-electron chi connectivity index (χ0n) is 7.75. The number of nitrogens with zero attached hydrogens (tertiary/aromatic N) is 1. The summed E-state index contributed by atoms with van der Waals surface area (Å²) in [5.74, 6) is 1.35. The van der Waals surface area contributed by atoms with Gasteiger partial charge in [-0.05, 0) is 19.9 Å². The number of rotatable bonds is 5. The highest BCUT2D eigenvalue weighted by atomic mass is 32.2. The smallest absolute Gasteiger partial charge is 0.0320 e. The zero-order chi connectivity index (χ0) is 8.39. The Morgan fingerprint density at radius 2 is 2.17 bits per heavy atom. The largest absolute Gasteiger partial charge is 0.315 e. The van der Waals surface area contributed by atoms with Gasteiger partial charge in [-0.15, -0.1) is 0 Å². The van der Waals surface area contributed by atoms with E-state index in [9.17, 15) is 0 Å². The number of thioether (sulfide) groups is 1. The van der Waals surface area contributed by atoms with E-state index in [1.165, 1.54) is 38.2 Å². The van der Waals surface area contributed by atoms with Gasteiger partial charge in [-0.3, -0.25) is 4.90 Å². The van der Waals surface area contributed by atoms with Gasteiger partial charge in [0.2, 0.25) is 0 Å². The van der Waals surface area contributed by atoms with Crippen LogP contribution in [0.2, 0.25) is 0 Å². The fourth-order valence-electron chi connectivity index (χ4n) is 1.52. The monoisotopic (exact) mass is 186 g/mol. The topological polar surface area (TPSA) is 15.3 Å². The first-order valence-corrected chi connectivity index (χ1v) is 5.94. The van der Waals surface area contributed by atoms with E-state index in [-0.39, 0.29) is 0 Å². The Hall–Kier alpha value is 0.270. The molecule has 1 saturated carbocycles. The maximum Gasteiger partial charge on any atom is 0.0320 e. The average molecular weight is 186 g/mol. The van der Waals surface area contributed by atoms with E-state index >= 15 is 0 Å². The van der Waals surface area contributed by atoms with E-state index in [2.05, 4.69) is 29.0 Å². The molecule has 70 valence electrons. The fourth-order valence-corrected chi connectivity index (χ4v) is 2.68. The van der Waals surface area contributed by atoms with E-state index < -0.39 is 0 Å². The average Bonchev–Trinajstić information content (AvgIpc) is 2.77. The fraction of sp³-hybridized carbons (Fsp3) is 1.00. The summed E-state index contributed by atoms with van der Waals surface area (Å²) in [4.78, 5) is 2.54. The van der Waals surface area contributed by atoms with Gasteiger partial charge < -0.3 is 5.32 Å². The van der Waals surface area contributed by atoms with Crippen LogP contribution < -0.4 is 5.32 Å². The Balaban J connectivity index is 1.46. The van der Waals surface area contributed by atoms with Gasteiger partial charge in [0.25, 0.3) is 0 Å². The third-order valence-corrected chi connectivity index (χ3v) is 4.01. The van der Waals surface area contributed by atoms with Crippen molar-refractivity contribution in [1.29, 1.82) is 0 Å². The summed E-state index contributed by atoms with van der Waals surface area (Å²) in [7, 11) is 2.06. The molecule has 3 heteroatoms. The van der Waals surface area contributed by atoms with E-state index in [0.717, 1.165) is 11.3 Å². The minimum Gasteiger partial charge on any atom is -0.315 e. The summed E-state index contributed by atoms with van der Waals surface area (Å²) in [6.07, 6.45) is 2.95. The molecule has 0 aromatic rings. The van der Waals surface area contributed by atoms with Crippen molar-refractivity contribution in [2.45, 2.75) is 24.1 Å². The molecule has 0 atom stereocenters. The van der Waals surface area contributed by atoms with Crippen molar-refractivity contribution in [1.82, 2.24) is 10.2 Å². The Morgan fingerprint density at radius 3 is 2.75 bits per heavy atom.